The van der Waals surface area contributed by atoms with E-state index in [0.717, 1.165) is 0 Å². The van der Waals surface area contributed by atoms with E-state index >= 15 is 0 Å². The van der Waals surface area contributed by atoms with Gasteiger partial charge in [0.2, 0.25) is 0 Å². The van der Waals surface area contributed by atoms with Crippen molar-refractivity contribution in [3.63, 3.8) is 0 Å². The van der Waals surface area contributed by atoms with E-state index in [2.05, 4.69) is 12.6 Å². The Labute approximate surface area is 76.2 Å². The summed E-state index contributed by atoms with van der Waals surface area (Å²) in [5.41, 5.74) is 6.04. The lowest BCUT2D eigenvalue weighted by atomic mass is 10.1. The summed E-state index contributed by atoms with van der Waals surface area (Å²) < 4.78 is 0. The van der Waals surface area contributed by atoms with Gasteiger partial charge >= 0.3 is 0 Å². The van der Waals surface area contributed by atoms with E-state index in [-0.39, 0.29) is 12.4 Å². The first-order valence-electron chi connectivity index (χ1n) is 3.53. The molecular formula is C8H11NO2S. The number of hydrogen-bond donors (Lipinski definition) is 4. The van der Waals surface area contributed by atoms with Crippen molar-refractivity contribution in [2.75, 3.05) is 6.61 Å². The number of nitrogens with two attached hydrogens (primary N) is 1. The summed E-state index contributed by atoms with van der Waals surface area (Å²) in [5, 5.41) is 18.1. The van der Waals surface area contributed by atoms with Crippen molar-refractivity contribution in [2.45, 2.75) is 10.9 Å². The molecule has 3 nitrogen and oxygen atoms in total. The van der Waals surface area contributed by atoms with E-state index in [1.165, 1.54) is 6.07 Å². The lowest BCUT2D eigenvalue weighted by Crippen LogP contribution is -2.14. The van der Waals surface area contributed by atoms with Gasteiger partial charge in [-0.25, -0.2) is 0 Å². The van der Waals surface area contributed by atoms with Gasteiger partial charge in [-0.2, -0.15) is 0 Å². The fourth-order valence-electron chi connectivity index (χ4n) is 0.937. The molecule has 0 bridgehead atoms. The third kappa shape index (κ3) is 1.91. The van der Waals surface area contributed by atoms with Crippen molar-refractivity contribution < 1.29 is 10.2 Å². The largest absolute Gasteiger partial charge is 0.508 e. The molecule has 1 aromatic rings. The summed E-state index contributed by atoms with van der Waals surface area (Å²) >= 11 is 4.09. The molecule has 0 aromatic heterocycles. The van der Waals surface area contributed by atoms with Crippen LogP contribution >= 0.6 is 12.6 Å². The van der Waals surface area contributed by atoms with Crippen LogP contribution in [0.5, 0.6) is 5.75 Å². The average Bonchev–Trinajstić information content (AvgIpc) is 2.08. The number of rotatable bonds is 2. The van der Waals surface area contributed by atoms with Gasteiger partial charge in [0.1, 0.15) is 5.75 Å². The van der Waals surface area contributed by atoms with Crippen molar-refractivity contribution in [3.8, 4) is 5.75 Å². The van der Waals surface area contributed by atoms with E-state index in [0.29, 0.717) is 10.5 Å². The van der Waals surface area contributed by atoms with E-state index in [1.807, 2.05) is 0 Å². The summed E-state index contributed by atoms with van der Waals surface area (Å²) in [6.07, 6.45) is 0. The van der Waals surface area contributed by atoms with Crippen molar-refractivity contribution >= 4 is 12.6 Å². The van der Waals surface area contributed by atoms with Gasteiger partial charge < -0.3 is 15.9 Å². The summed E-state index contributed by atoms with van der Waals surface area (Å²) in [6, 6.07) is 4.26. The predicted molar refractivity (Wildman–Crippen MR) is 49.4 cm³/mol. The first kappa shape index (κ1) is 9.38. The minimum atomic E-state index is -0.544. The Bertz CT molecular complexity index is 278. The highest BCUT2D eigenvalue weighted by Gasteiger charge is 2.09. The van der Waals surface area contributed by atoms with Crippen LogP contribution in [-0.4, -0.2) is 16.8 Å². The van der Waals surface area contributed by atoms with Crippen molar-refractivity contribution in [1.82, 2.24) is 0 Å². The van der Waals surface area contributed by atoms with Gasteiger partial charge in [-0.15, -0.1) is 12.6 Å². The summed E-state index contributed by atoms with van der Waals surface area (Å²) in [6.45, 7) is -0.190. The van der Waals surface area contributed by atoms with Crippen LogP contribution in [0.3, 0.4) is 0 Å². The molecule has 0 heterocycles. The first-order valence-corrected chi connectivity index (χ1v) is 3.98. The summed E-state index contributed by atoms with van der Waals surface area (Å²) in [7, 11) is 0. The van der Waals surface area contributed by atoms with Crippen LogP contribution in [-0.2, 0) is 0 Å². The number of aliphatic hydroxyl groups excluding tert-OH is 1. The van der Waals surface area contributed by atoms with Gasteiger partial charge in [0.25, 0.3) is 0 Å². The quantitative estimate of drug-likeness (QED) is 0.512. The van der Waals surface area contributed by atoms with Crippen LogP contribution < -0.4 is 5.73 Å². The Balaban J connectivity index is 3.04. The first-order chi connectivity index (χ1) is 5.65. The molecule has 0 radical (unpaired) electrons. The van der Waals surface area contributed by atoms with Gasteiger partial charge in [0.15, 0.2) is 0 Å². The molecule has 4 N–H and O–H groups in total. The molecular weight excluding hydrogens is 174 g/mol. The number of phenols is 1. The third-order valence-corrected chi connectivity index (χ3v) is 1.89. The molecule has 0 unspecified atom stereocenters. The lowest BCUT2D eigenvalue weighted by Gasteiger charge is -2.10. The average molecular weight is 185 g/mol. The second-order valence-electron chi connectivity index (χ2n) is 2.53. The molecule has 0 saturated heterocycles. The maximum atomic E-state index is 9.31. The van der Waals surface area contributed by atoms with Crippen LogP contribution in [0.1, 0.15) is 11.6 Å². The Morgan fingerprint density at radius 1 is 1.50 bits per heavy atom. The van der Waals surface area contributed by atoms with E-state index < -0.39 is 6.04 Å². The molecule has 1 atom stereocenters. The van der Waals surface area contributed by atoms with Crippen LogP contribution in [0.25, 0.3) is 0 Å². The summed E-state index contributed by atoms with van der Waals surface area (Å²) in [5.74, 6) is 0.0920. The maximum Gasteiger partial charge on any atom is 0.120 e. The topological polar surface area (TPSA) is 66.5 Å². The zero-order valence-corrected chi connectivity index (χ0v) is 7.33. The number of phenolic OH excluding ortho intramolecular Hbond substituents is 1. The van der Waals surface area contributed by atoms with E-state index in [9.17, 15) is 5.11 Å². The molecule has 0 amide bonds. The fourth-order valence-corrected chi connectivity index (χ4v) is 1.15. The molecule has 0 saturated carbocycles. The van der Waals surface area contributed by atoms with Crippen molar-refractivity contribution in [2.24, 2.45) is 5.73 Å². The van der Waals surface area contributed by atoms with E-state index in [1.54, 1.807) is 12.1 Å². The molecule has 0 spiro atoms. The second-order valence-corrected chi connectivity index (χ2v) is 3.05. The highest BCUT2D eigenvalue weighted by Crippen LogP contribution is 2.24. The van der Waals surface area contributed by atoms with Crippen LogP contribution in [0.4, 0.5) is 0 Å². The Kier molecular flexibility index (Phi) is 2.97. The molecule has 0 aliphatic carbocycles. The minimum absolute atomic E-state index is 0.0920. The second kappa shape index (κ2) is 3.80. The number of aromatic hydroxyl groups is 1. The van der Waals surface area contributed by atoms with Gasteiger partial charge in [-0.1, -0.05) is 0 Å². The normalized spacial score (nSPS) is 12.9. The molecule has 0 aliphatic rings. The zero-order chi connectivity index (χ0) is 9.14. The van der Waals surface area contributed by atoms with Gasteiger partial charge in [-0.05, 0) is 18.2 Å². The molecule has 4 heteroatoms. The lowest BCUT2D eigenvalue weighted by molar-refractivity contribution is 0.265. The molecule has 0 fully saturated rings. The molecule has 1 aromatic carbocycles. The van der Waals surface area contributed by atoms with Crippen molar-refractivity contribution in [3.05, 3.63) is 23.8 Å². The number of benzene rings is 1. The Morgan fingerprint density at radius 3 is 2.75 bits per heavy atom. The van der Waals surface area contributed by atoms with E-state index in [4.69, 9.17) is 10.8 Å². The molecule has 12 heavy (non-hydrogen) atoms. The van der Waals surface area contributed by atoms with Gasteiger partial charge in [0.05, 0.1) is 12.6 Å². The fraction of sp³-hybridized carbons (Fsp3) is 0.250. The molecule has 0 aliphatic heterocycles. The summed E-state index contributed by atoms with van der Waals surface area (Å²) in [4.78, 5) is 0.715. The Morgan fingerprint density at radius 2 is 2.17 bits per heavy atom. The number of hydrogen-bond acceptors (Lipinski definition) is 4. The van der Waals surface area contributed by atoms with Gasteiger partial charge in [0, 0.05) is 10.5 Å². The van der Waals surface area contributed by atoms with Crippen molar-refractivity contribution in [1.29, 1.82) is 0 Å². The van der Waals surface area contributed by atoms with Crippen LogP contribution in [0.15, 0.2) is 23.1 Å². The molecule has 1 rings (SSSR count). The monoisotopic (exact) mass is 185 g/mol. The highest BCUT2D eigenvalue weighted by atomic mass is 32.1. The number of aliphatic hydroxyl groups is 1. The highest BCUT2D eigenvalue weighted by molar-refractivity contribution is 7.80. The standard InChI is InChI=1S/C8H11NO2S/c9-7(4-10)6-3-5(12)1-2-8(6)11/h1-3,7,10-12H,4,9H2/t7-/m1/s1. The maximum absolute atomic E-state index is 9.31. The predicted octanol–water partition coefficient (Wildman–Crippen LogP) is 0.673. The third-order valence-electron chi connectivity index (χ3n) is 1.61. The Hall–Kier alpha value is -0.710. The van der Waals surface area contributed by atoms with Crippen LogP contribution in [0, 0.1) is 0 Å². The smallest absolute Gasteiger partial charge is 0.120 e. The van der Waals surface area contributed by atoms with Crippen LogP contribution in [0.2, 0.25) is 0 Å². The number of thiol groups is 1. The zero-order valence-electron chi connectivity index (χ0n) is 6.44. The SMILES string of the molecule is N[C@H](CO)c1cc(S)ccc1O. The minimum Gasteiger partial charge on any atom is -0.508 e. The molecule has 66 valence electrons. The van der Waals surface area contributed by atoms with Gasteiger partial charge in [-0.3, -0.25) is 0 Å².